The third-order valence-electron chi connectivity index (χ3n) is 4.28. The zero-order chi connectivity index (χ0) is 18.4. The number of hydrogen-bond acceptors (Lipinski definition) is 3. The highest BCUT2D eigenvalue weighted by atomic mass is 16.5. The van der Waals surface area contributed by atoms with Crippen LogP contribution in [0, 0.1) is 0 Å². The van der Waals surface area contributed by atoms with Crippen molar-refractivity contribution in [2.24, 2.45) is 0 Å². The van der Waals surface area contributed by atoms with Crippen LogP contribution in [-0.2, 0) is 16.6 Å². The zero-order valence-corrected chi connectivity index (χ0v) is 14.7. The van der Waals surface area contributed by atoms with Gasteiger partial charge in [0.1, 0.15) is 5.75 Å². The third kappa shape index (κ3) is 4.59. The van der Waals surface area contributed by atoms with Crippen LogP contribution in [0.3, 0.4) is 0 Å². The van der Waals surface area contributed by atoms with E-state index in [2.05, 4.69) is 5.32 Å². The lowest BCUT2D eigenvalue weighted by molar-refractivity contribution is -0.125. The molecule has 132 valence electrons. The molecule has 0 aliphatic carbocycles. The maximum absolute atomic E-state index is 12.5. The van der Waals surface area contributed by atoms with Crippen LogP contribution in [0.5, 0.6) is 5.75 Å². The number of ether oxygens (including phenoxy) is 1. The van der Waals surface area contributed by atoms with E-state index < -0.39 is 11.4 Å². The molecule has 2 aromatic rings. The standard InChI is InChI=1S/C20H23NO4/c1-20(2,16-8-10-17(25-3)11-9-16)19(24)21-13-12-14-4-6-15(7-5-14)18(22)23/h4-11H,12-13H2,1-3H3,(H,21,24)(H,22,23). The molecule has 0 aliphatic rings. The van der Waals surface area contributed by atoms with Crippen LogP contribution >= 0.6 is 0 Å². The van der Waals surface area contributed by atoms with Gasteiger partial charge in [-0.05, 0) is 55.7 Å². The van der Waals surface area contributed by atoms with E-state index in [0.29, 0.717) is 13.0 Å². The average Bonchev–Trinajstić information content (AvgIpc) is 2.62. The van der Waals surface area contributed by atoms with Gasteiger partial charge in [0.2, 0.25) is 5.91 Å². The fraction of sp³-hybridized carbons (Fsp3) is 0.300. The second-order valence-corrected chi connectivity index (χ2v) is 6.36. The van der Waals surface area contributed by atoms with Gasteiger partial charge in [-0.2, -0.15) is 0 Å². The van der Waals surface area contributed by atoms with Gasteiger partial charge in [-0.3, -0.25) is 4.79 Å². The topological polar surface area (TPSA) is 75.6 Å². The second kappa shape index (κ2) is 7.83. The summed E-state index contributed by atoms with van der Waals surface area (Å²) in [7, 11) is 1.61. The normalized spacial score (nSPS) is 11.0. The van der Waals surface area contributed by atoms with Crippen LogP contribution in [0.15, 0.2) is 48.5 Å². The number of carboxylic acid groups (broad SMARTS) is 1. The molecule has 2 N–H and O–H groups in total. The summed E-state index contributed by atoms with van der Waals surface area (Å²) in [6, 6.07) is 14.1. The number of aromatic carboxylic acids is 1. The average molecular weight is 341 g/mol. The van der Waals surface area contributed by atoms with Crippen molar-refractivity contribution in [2.75, 3.05) is 13.7 Å². The summed E-state index contributed by atoms with van der Waals surface area (Å²) in [5.74, 6) is -0.245. The molecule has 5 nitrogen and oxygen atoms in total. The van der Waals surface area contributed by atoms with Crippen LogP contribution in [0.2, 0.25) is 0 Å². The Morgan fingerprint density at radius 2 is 1.64 bits per heavy atom. The molecule has 0 aliphatic heterocycles. The maximum Gasteiger partial charge on any atom is 0.335 e. The predicted molar refractivity (Wildman–Crippen MR) is 96.1 cm³/mol. The van der Waals surface area contributed by atoms with E-state index in [9.17, 15) is 9.59 Å². The van der Waals surface area contributed by atoms with Crippen molar-refractivity contribution in [1.29, 1.82) is 0 Å². The van der Waals surface area contributed by atoms with Gasteiger partial charge in [-0.15, -0.1) is 0 Å². The van der Waals surface area contributed by atoms with Crippen molar-refractivity contribution in [1.82, 2.24) is 5.32 Å². The molecule has 25 heavy (non-hydrogen) atoms. The molecule has 5 heteroatoms. The summed E-state index contributed by atoms with van der Waals surface area (Å²) < 4.78 is 5.14. The molecule has 0 spiro atoms. The molecular formula is C20H23NO4. The van der Waals surface area contributed by atoms with Gasteiger partial charge < -0.3 is 15.2 Å². The lowest BCUT2D eigenvalue weighted by Crippen LogP contribution is -2.40. The Labute approximate surface area is 147 Å². The quantitative estimate of drug-likeness (QED) is 0.812. The summed E-state index contributed by atoms with van der Waals surface area (Å²) in [4.78, 5) is 23.4. The molecular weight excluding hydrogens is 318 g/mol. The van der Waals surface area contributed by atoms with E-state index in [-0.39, 0.29) is 11.5 Å². The third-order valence-corrected chi connectivity index (χ3v) is 4.28. The molecule has 0 heterocycles. The monoisotopic (exact) mass is 341 g/mol. The molecule has 0 radical (unpaired) electrons. The highest BCUT2D eigenvalue weighted by Gasteiger charge is 2.29. The number of carbonyl (C=O) groups is 2. The summed E-state index contributed by atoms with van der Waals surface area (Å²) in [5.41, 5.74) is 1.50. The molecule has 0 aromatic heterocycles. The molecule has 0 saturated carbocycles. The van der Waals surface area contributed by atoms with E-state index in [0.717, 1.165) is 16.9 Å². The van der Waals surface area contributed by atoms with E-state index >= 15 is 0 Å². The molecule has 2 aromatic carbocycles. The summed E-state index contributed by atoms with van der Waals surface area (Å²) in [6.07, 6.45) is 0.643. The molecule has 0 atom stereocenters. The maximum atomic E-state index is 12.5. The van der Waals surface area contributed by atoms with Gasteiger partial charge >= 0.3 is 5.97 Å². The van der Waals surface area contributed by atoms with Gasteiger partial charge in [0.25, 0.3) is 0 Å². The summed E-state index contributed by atoms with van der Waals surface area (Å²) >= 11 is 0. The number of amides is 1. The molecule has 0 saturated heterocycles. The van der Waals surface area contributed by atoms with Gasteiger partial charge in [-0.1, -0.05) is 24.3 Å². The highest BCUT2D eigenvalue weighted by molar-refractivity contribution is 5.88. The second-order valence-electron chi connectivity index (χ2n) is 6.36. The predicted octanol–water partition coefficient (Wildman–Crippen LogP) is 3.03. The van der Waals surface area contributed by atoms with Crippen molar-refractivity contribution >= 4 is 11.9 Å². The summed E-state index contributed by atoms with van der Waals surface area (Å²) in [5, 5.41) is 11.8. The Hall–Kier alpha value is -2.82. The van der Waals surface area contributed by atoms with E-state index in [1.54, 1.807) is 31.4 Å². The van der Waals surface area contributed by atoms with Crippen molar-refractivity contribution < 1.29 is 19.4 Å². The lowest BCUT2D eigenvalue weighted by Gasteiger charge is -2.24. The first-order valence-corrected chi connectivity index (χ1v) is 8.09. The van der Waals surface area contributed by atoms with E-state index in [4.69, 9.17) is 9.84 Å². The van der Waals surface area contributed by atoms with E-state index in [1.165, 1.54) is 0 Å². The van der Waals surface area contributed by atoms with Crippen LogP contribution in [0.1, 0.15) is 35.3 Å². The first-order chi connectivity index (χ1) is 11.8. The highest BCUT2D eigenvalue weighted by Crippen LogP contribution is 2.25. The molecule has 0 unspecified atom stereocenters. The number of benzene rings is 2. The Balaban J connectivity index is 1.92. The van der Waals surface area contributed by atoms with Crippen molar-refractivity contribution in [2.45, 2.75) is 25.7 Å². The van der Waals surface area contributed by atoms with Crippen molar-refractivity contribution in [3.63, 3.8) is 0 Å². The Morgan fingerprint density at radius 3 is 2.16 bits per heavy atom. The minimum atomic E-state index is -0.943. The fourth-order valence-corrected chi connectivity index (χ4v) is 2.49. The van der Waals surface area contributed by atoms with E-state index in [1.807, 2.05) is 38.1 Å². The van der Waals surface area contributed by atoms with Gasteiger partial charge in [0.05, 0.1) is 18.1 Å². The Morgan fingerprint density at radius 1 is 1.04 bits per heavy atom. The number of carboxylic acids is 1. The fourth-order valence-electron chi connectivity index (χ4n) is 2.49. The Kier molecular flexibility index (Phi) is 5.80. The van der Waals surface area contributed by atoms with Crippen molar-refractivity contribution in [3.05, 3.63) is 65.2 Å². The number of hydrogen-bond donors (Lipinski definition) is 2. The molecule has 0 fully saturated rings. The number of rotatable bonds is 7. The van der Waals surface area contributed by atoms with Gasteiger partial charge in [-0.25, -0.2) is 4.79 Å². The first kappa shape index (κ1) is 18.5. The van der Waals surface area contributed by atoms with Gasteiger partial charge in [0, 0.05) is 6.54 Å². The number of nitrogens with one attached hydrogen (secondary N) is 1. The minimum Gasteiger partial charge on any atom is -0.497 e. The number of carbonyl (C=O) groups excluding carboxylic acids is 1. The van der Waals surface area contributed by atoms with Crippen LogP contribution < -0.4 is 10.1 Å². The first-order valence-electron chi connectivity index (χ1n) is 8.09. The van der Waals surface area contributed by atoms with Crippen LogP contribution in [0.4, 0.5) is 0 Å². The molecule has 1 amide bonds. The van der Waals surface area contributed by atoms with Crippen LogP contribution in [-0.4, -0.2) is 30.6 Å². The SMILES string of the molecule is COc1ccc(C(C)(C)C(=O)NCCc2ccc(C(=O)O)cc2)cc1. The molecule has 2 rings (SSSR count). The minimum absolute atomic E-state index is 0.0557. The van der Waals surface area contributed by atoms with Gasteiger partial charge in [0.15, 0.2) is 0 Å². The lowest BCUT2D eigenvalue weighted by atomic mass is 9.83. The van der Waals surface area contributed by atoms with Crippen molar-refractivity contribution in [3.8, 4) is 5.75 Å². The van der Waals surface area contributed by atoms with Crippen LogP contribution in [0.25, 0.3) is 0 Å². The number of methoxy groups -OCH3 is 1. The zero-order valence-electron chi connectivity index (χ0n) is 14.7. The Bertz CT molecular complexity index is 733. The largest absolute Gasteiger partial charge is 0.497 e. The summed E-state index contributed by atoms with van der Waals surface area (Å²) in [6.45, 7) is 4.25. The smallest absolute Gasteiger partial charge is 0.335 e. The molecule has 0 bridgehead atoms.